The van der Waals surface area contributed by atoms with Crippen LogP contribution in [0.5, 0.6) is 0 Å². The van der Waals surface area contributed by atoms with Crippen LogP contribution in [0.25, 0.3) is 0 Å². The summed E-state index contributed by atoms with van der Waals surface area (Å²) < 4.78 is 67.1. The highest BCUT2D eigenvalue weighted by Crippen LogP contribution is 2.41. The van der Waals surface area contributed by atoms with Gasteiger partial charge < -0.3 is 0 Å². The number of aryl methyl sites for hydroxylation is 3. The van der Waals surface area contributed by atoms with E-state index in [0.29, 0.717) is 21.7 Å². The first-order valence-corrected chi connectivity index (χ1v) is 11.3. The SMILES string of the molecule is Cc1cc(Br)cc(C)c1S(=O)(=O)N(C)c1nc2c(s1)CC(C(F)(F)F)CC2. The maximum Gasteiger partial charge on any atom is 0.392 e. The molecule has 1 heterocycles. The predicted octanol–water partition coefficient (Wildman–Crippen LogP) is 5.01. The Morgan fingerprint density at radius 2 is 1.85 bits per heavy atom. The molecule has 0 radical (unpaired) electrons. The minimum absolute atomic E-state index is 0.0128. The molecule has 0 saturated carbocycles. The van der Waals surface area contributed by atoms with Crippen LogP contribution in [0.1, 0.15) is 28.1 Å². The predicted molar refractivity (Wildman–Crippen MR) is 103 cm³/mol. The smallest absolute Gasteiger partial charge is 0.244 e. The second-order valence-electron chi connectivity index (χ2n) is 6.69. The molecule has 4 nitrogen and oxygen atoms in total. The van der Waals surface area contributed by atoms with Gasteiger partial charge in [0.05, 0.1) is 16.5 Å². The fourth-order valence-electron chi connectivity index (χ4n) is 3.32. The lowest BCUT2D eigenvalue weighted by Crippen LogP contribution is -2.28. The molecule has 1 aliphatic rings. The van der Waals surface area contributed by atoms with Crippen LogP contribution in [-0.4, -0.2) is 26.6 Å². The van der Waals surface area contributed by atoms with Gasteiger partial charge in [0.2, 0.25) is 0 Å². The Morgan fingerprint density at radius 1 is 1.26 bits per heavy atom. The molecule has 0 amide bonds. The van der Waals surface area contributed by atoms with Gasteiger partial charge in [-0.2, -0.15) is 13.2 Å². The summed E-state index contributed by atoms with van der Waals surface area (Å²) in [5.74, 6) is -1.39. The number of nitrogens with zero attached hydrogens (tertiary/aromatic N) is 2. The Morgan fingerprint density at radius 3 is 2.41 bits per heavy atom. The molecule has 3 rings (SSSR count). The number of thiazole rings is 1. The maximum absolute atomic E-state index is 13.1. The van der Waals surface area contributed by atoms with Crippen molar-refractivity contribution in [1.82, 2.24) is 4.98 Å². The number of hydrogen-bond donors (Lipinski definition) is 0. The number of hydrogen-bond acceptors (Lipinski definition) is 4. The monoisotopic (exact) mass is 482 g/mol. The number of halogens is 4. The average Bonchev–Trinajstić information content (AvgIpc) is 2.94. The van der Waals surface area contributed by atoms with E-state index in [9.17, 15) is 21.6 Å². The third kappa shape index (κ3) is 3.88. The second-order valence-corrected chi connectivity index (χ2v) is 10.6. The first-order valence-electron chi connectivity index (χ1n) is 8.22. The summed E-state index contributed by atoms with van der Waals surface area (Å²) in [6.07, 6.45) is -4.19. The van der Waals surface area contributed by atoms with Crippen molar-refractivity contribution >= 4 is 42.4 Å². The zero-order valence-electron chi connectivity index (χ0n) is 14.9. The number of alkyl halides is 3. The summed E-state index contributed by atoms with van der Waals surface area (Å²) in [6, 6.07) is 3.43. The van der Waals surface area contributed by atoms with Crippen molar-refractivity contribution in [3.05, 3.63) is 38.3 Å². The molecule has 0 aliphatic heterocycles. The van der Waals surface area contributed by atoms with E-state index in [-0.39, 0.29) is 29.3 Å². The van der Waals surface area contributed by atoms with E-state index < -0.39 is 22.1 Å². The molecular formula is C17H18BrF3N2O2S2. The second kappa shape index (κ2) is 7.04. The number of fused-ring (bicyclic) bond motifs is 1. The van der Waals surface area contributed by atoms with Gasteiger partial charge in [-0.3, -0.25) is 0 Å². The van der Waals surface area contributed by atoms with E-state index in [1.807, 2.05) is 0 Å². The lowest BCUT2D eigenvalue weighted by molar-refractivity contribution is -0.176. The van der Waals surface area contributed by atoms with E-state index in [1.54, 1.807) is 26.0 Å². The molecular weight excluding hydrogens is 465 g/mol. The Bertz CT molecular complexity index is 964. The highest BCUT2D eigenvalue weighted by Gasteiger charge is 2.42. The minimum atomic E-state index is -4.24. The molecule has 0 bridgehead atoms. The quantitative estimate of drug-likeness (QED) is 0.617. The average molecular weight is 483 g/mol. The van der Waals surface area contributed by atoms with Gasteiger partial charge in [0.15, 0.2) is 5.13 Å². The van der Waals surface area contributed by atoms with Gasteiger partial charge in [0.25, 0.3) is 10.0 Å². The largest absolute Gasteiger partial charge is 0.392 e. The van der Waals surface area contributed by atoms with E-state index in [0.717, 1.165) is 20.1 Å². The molecule has 2 aromatic rings. The Labute approximate surface area is 168 Å². The van der Waals surface area contributed by atoms with Crippen LogP contribution in [0.4, 0.5) is 18.3 Å². The molecule has 0 spiro atoms. The summed E-state index contributed by atoms with van der Waals surface area (Å²) in [5.41, 5.74) is 1.75. The lowest BCUT2D eigenvalue weighted by Gasteiger charge is -2.23. The minimum Gasteiger partial charge on any atom is -0.244 e. The van der Waals surface area contributed by atoms with Gasteiger partial charge in [-0.1, -0.05) is 15.9 Å². The summed E-state index contributed by atoms with van der Waals surface area (Å²) in [7, 11) is -2.48. The third-order valence-corrected chi connectivity index (χ3v) is 8.53. The van der Waals surface area contributed by atoms with Crippen molar-refractivity contribution in [3.8, 4) is 0 Å². The van der Waals surface area contributed by atoms with E-state index >= 15 is 0 Å². The van der Waals surface area contributed by atoms with Crippen molar-refractivity contribution in [2.75, 3.05) is 11.4 Å². The number of benzene rings is 1. The Kier molecular flexibility index (Phi) is 5.37. The molecule has 148 valence electrons. The van der Waals surface area contributed by atoms with Crippen LogP contribution in [0.2, 0.25) is 0 Å². The number of anilines is 1. The molecule has 0 N–H and O–H groups in total. The highest BCUT2D eigenvalue weighted by molar-refractivity contribution is 9.10. The molecule has 1 aromatic heterocycles. The fourth-order valence-corrected chi connectivity index (χ4v) is 6.92. The van der Waals surface area contributed by atoms with E-state index in [1.165, 1.54) is 7.05 Å². The van der Waals surface area contributed by atoms with Gasteiger partial charge >= 0.3 is 6.18 Å². The van der Waals surface area contributed by atoms with Gasteiger partial charge in [0.1, 0.15) is 0 Å². The maximum atomic E-state index is 13.1. The van der Waals surface area contributed by atoms with Gasteiger partial charge in [-0.05, 0) is 56.4 Å². The van der Waals surface area contributed by atoms with Crippen LogP contribution in [0, 0.1) is 19.8 Å². The standard InChI is InChI=1S/C17H18BrF3N2O2S2/c1-9-6-12(18)7-10(2)15(9)27(24,25)23(3)16-22-13-5-4-11(17(19,20)21)8-14(13)26-16/h6-7,11H,4-5,8H2,1-3H3. The first-order chi connectivity index (χ1) is 12.4. The molecule has 27 heavy (non-hydrogen) atoms. The molecule has 1 aromatic carbocycles. The van der Waals surface area contributed by atoms with Gasteiger partial charge in [-0.25, -0.2) is 17.7 Å². The molecule has 0 fully saturated rings. The Hall–Kier alpha value is -1.13. The van der Waals surface area contributed by atoms with Gasteiger partial charge in [-0.15, -0.1) is 11.3 Å². The summed E-state index contributed by atoms with van der Waals surface area (Å²) in [6.45, 7) is 3.42. The Balaban J connectivity index is 1.96. The van der Waals surface area contributed by atoms with Gasteiger partial charge in [0, 0.05) is 16.4 Å². The number of rotatable bonds is 3. The third-order valence-electron chi connectivity index (χ3n) is 4.70. The van der Waals surface area contributed by atoms with Crippen LogP contribution >= 0.6 is 27.3 Å². The van der Waals surface area contributed by atoms with Crippen molar-refractivity contribution in [3.63, 3.8) is 0 Å². The van der Waals surface area contributed by atoms with Crippen molar-refractivity contribution in [2.45, 2.75) is 44.2 Å². The molecule has 1 atom stereocenters. The fraction of sp³-hybridized carbons (Fsp3) is 0.471. The van der Waals surface area contributed by atoms with Crippen LogP contribution in [0.3, 0.4) is 0 Å². The number of sulfonamides is 1. The van der Waals surface area contributed by atoms with E-state index in [4.69, 9.17) is 0 Å². The molecule has 1 unspecified atom stereocenters. The van der Waals surface area contributed by atoms with Crippen LogP contribution in [0.15, 0.2) is 21.5 Å². The van der Waals surface area contributed by atoms with Crippen molar-refractivity contribution in [2.24, 2.45) is 5.92 Å². The topological polar surface area (TPSA) is 50.3 Å². The first kappa shape index (κ1) is 20.6. The normalized spacial score (nSPS) is 17.7. The summed E-state index contributed by atoms with van der Waals surface area (Å²) >= 11 is 4.37. The number of aromatic nitrogens is 1. The van der Waals surface area contributed by atoms with Crippen molar-refractivity contribution in [1.29, 1.82) is 0 Å². The van der Waals surface area contributed by atoms with Crippen LogP contribution in [-0.2, 0) is 22.9 Å². The highest BCUT2D eigenvalue weighted by atomic mass is 79.9. The van der Waals surface area contributed by atoms with Crippen LogP contribution < -0.4 is 4.31 Å². The van der Waals surface area contributed by atoms with Crippen molar-refractivity contribution < 1.29 is 21.6 Å². The summed E-state index contributed by atoms with van der Waals surface area (Å²) in [4.78, 5) is 5.03. The molecule has 10 heteroatoms. The van der Waals surface area contributed by atoms with E-state index in [2.05, 4.69) is 20.9 Å². The molecule has 1 aliphatic carbocycles. The molecule has 0 saturated heterocycles. The zero-order valence-corrected chi connectivity index (χ0v) is 18.1. The summed E-state index contributed by atoms with van der Waals surface area (Å²) in [5, 5.41) is 0.199. The zero-order chi connectivity index (χ0) is 20.1. The lowest BCUT2D eigenvalue weighted by atomic mass is 9.91.